The molecule has 1 amide bonds. The van der Waals surface area contributed by atoms with E-state index in [1.807, 2.05) is 0 Å². The van der Waals surface area contributed by atoms with E-state index in [1.165, 1.54) is 38.0 Å². The van der Waals surface area contributed by atoms with Crippen molar-refractivity contribution in [3.63, 3.8) is 0 Å². The van der Waals surface area contributed by atoms with Gasteiger partial charge in [-0.2, -0.15) is 0 Å². The van der Waals surface area contributed by atoms with Gasteiger partial charge < -0.3 is 15.8 Å². The van der Waals surface area contributed by atoms with E-state index in [9.17, 15) is 18.4 Å². The van der Waals surface area contributed by atoms with Gasteiger partial charge in [0.1, 0.15) is 16.9 Å². The van der Waals surface area contributed by atoms with Crippen LogP contribution in [0, 0.1) is 0 Å². The van der Waals surface area contributed by atoms with Gasteiger partial charge in [0.2, 0.25) is 12.3 Å². The number of hydrogen-bond acceptors (Lipinski definition) is 8. The molecule has 2 aromatic carbocycles. The van der Waals surface area contributed by atoms with E-state index in [-0.39, 0.29) is 16.5 Å². The molecule has 0 saturated carbocycles. The molecule has 40 heavy (non-hydrogen) atoms. The van der Waals surface area contributed by atoms with Gasteiger partial charge in [-0.15, -0.1) is 0 Å². The summed E-state index contributed by atoms with van der Waals surface area (Å²) < 4.78 is 33.6. The lowest BCUT2D eigenvalue weighted by Crippen LogP contribution is -2.34. The number of pyridine rings is 1. The fraction of sp³-hybridized carbons (Fsp3) is 0.154. The second-order valence-electron chi connectivity index (χ2n) is 8.48. The number of fused-ring (bicyclic) bond motifs is 1. The Kier molecular flexibility index (Phi) is 8.83. The minimum Gasteiger partial charge on any atom is -0.495 e. The number of aromatic nitrogens is 3. The second kappa shape index (κ2) is 12.3. The Labute approximate surface area is 236 Å². The lowest BCUT2D eigenvalue weighted by Gasteiger charge is -2.23. The van der Waals surface area contributed by atoms with Crippen LogP contribution < -0.4 is 32.2 Å². The van der Waals surface area contributed by atoms with Crippen LogP contribution in [0.1, 0.15) is 12.5 Å². The van der Waals surface area contributed by atoms with Crippen molar-refractivity contribution in [2.75, 3.05) is 17.4 Å². The smallest absolute Gasteiger partial charge is 0.252 e. The number of carbonyl (C=O) groups is 1. The van der Waals surface area contributed by atoms with E-state index in [1.54, 1.807) is 30.3 Å². The molecule has 5 N–H and O–H groups in total. The highest BCUT2D eigenvalue weighted by atomic mass is 35.5. The number of rotatable bonds is 9. The Bertz CT molecular complexity index is 1640. The number of ether oxygens (including phenoxy) is 1. The summed E-state index contributed by atoms with van der Waals surface area (Å²) in [5.41, 5.74) is 7.10. The lowest BCUT2D eigenvalue weighted by atomic mass is 10.0. The van der Waals surface area contributed by atoms with Crippen molar-refractivity contribution in [2.45, 2.75) is 18.9 Å². The average molecular weight is 590 g/mol. The van der Waals surface area contributed by atoms with Gasteiger partial charge in [0, 0.05) is 46.7 Å². The maximum absolute atomic E-state index is 13.6. The van der Waals surface area contributed by atoms with Gasteiger partial charge in [-0.1, -0.05) is 23.2 Å². The van der Waals surface area contributed by atoms with E-state index in [0.717, 1.165) is 15.6 Å². The van der Waals surface area contributed by atoms with Crippen LogP contribution >= 0.6 is 23.2 Å². The zero-order valence-electron chi connectivity index (χ0n) is 20.9. The third-order valence-corrected chi connectivity index (χ3v) is 6.16. The first kappa shape index (κ1) is 28.7. The average Bonchev–Trinajstić information content (AvgIpc) is 2.91. The van der Waals surface area contributed by atoms with Gasteiger partial charge in [0.05, 0.1) is 36.2 Å². The molecule has 2 heterocycles. The highest BCUT2D eigenvalue weighted by molar-refractivity contribution is 6.31. The van der Waals surface area contributed by atoms with Crippen LogP contribution in [0.25, 0.3) is 22.2 Å². The lowest BCUT2D eigenvalue weighted by molar-refractivity contribution is -0.120. The highest BCUT2D eigenvalue weighted by Crippen LogP contribution is 2.38. The van der Waals surface area contributed by atoms with Gasteiger partial charge in [-0.3, -0.25) is 29.1 Å². The Morgan fingerprint density at radius 1 is 1.15 bits per heavy atom. The van der Waals surface area contributed by atoms with Crippen LogP contribution in [0.4, 0.5) is 20.2 Å². The van der Waals surface area contributed by atoms with Crippen LogP contribution in [0.5, 0.6) is 5.75 Å². The number of nitrogens with zero attached hydrogens (tertiary/aromatic N) is 4. The molecule has 10 nitrogen and oxygen atoms in total. The van der Waals surface area contributed by atoms with Crippen LogP contribution in [-0.4, -0.2) is 34.0 Å². The standard InChI is InChI=1S/C26H23Cl2F2N7O3/c1-40-22-12-36(25(38)10-17(22)16-8-14(27)2-5-20(16)37(32)13-23(28)31)21(11-24(29)30)26(39)35-15-3-4-18-19(9-15)34-7-6-33-18/h2-10,12-13,21,24H,11,31-32H2,1H3,(H,35,39)/b23-13-. The number of carbonyl (C=O) groups excluding carboxylic acids is 1. The van der Waals surface area contributed by atoms with Crippen LogP contribution in [0.2, 0.25) is 5.02 Å². The van der Waals surface area contributed by atoms with Gasteiger partial charge in [0.15, 0.2) is 0 Å². The highest BCUT2D eigenvalue weighted by Gasteiger charge is 2.28. The zero-order valence-corrected chi connectivity index (χ0v) is 22.4. The second-order valence-corrected chi connectivity index (χ2v) is 9.35. The van der Waals surface area contributed by atoms with Crippen LogP contribution in [0.15, 0.2) is 77.2 Å². The number of amides is 1. The molecule has 1 atom stereocenters. The molecule has 0 spiro atoms. The number of alkyl halides is 2. The summed E-state index contributed by atoms with van der Waals surface area (Å²) >= 11 is 12.0. The molecular weight excluding hydrogens is 567 g/mol. The molecule has 14 heteroatoms. The van der Waals surface area contributed by atoms with Gasteiger partial charge in [-0.05, 0) is 36.4 Å². The van der Waals surface area contributed by atoms with Crippen molar-refractivity contribution >= 4 is 51.5 Å². The van der Waals surface area contributed by atoms with E-state index in [4.69, 9.17) is 39.5 Å². The summed E-state index contributed by atoms with van der Waals surface area (Å²) in [7, 11) is 1.33. The largest absolute Gasteiger partial charge is 0.495 e. The molecule has 1 unspecified atom stereocenters. The molecule has 0 aliphatic rings. The Morgan fingerprint density at radius 3 is 2.55 bits per heavy atom. The topological polar surface area (TPSA) is 141 Å². The fourth-order valence-electron chi connectivity index (χ4n) is 4.08. The van der Waals surface area contributed by atoms with E-state index < -0.39 is 30.4 Å². The van der Waals surface area contributed by atoms with E-state index in [2.05, 4.69) is 15.3 Å². The summed E-state index contributed by atoms with van der Waals surface area (Å²) in [5, 5.41) is 3.92. The molecule has 0 aliphatic carbocycles. The number of nitrogens with one attached hydrogen (secondary N) is 1. The molecule has 0 bridgehead atoms. The minimum absolute atomic E-state index is 0.0902. The number of hydrogen-bond donors (Lipinski definition) is 3. The predicted octanol–water partition coefficient (Wildman–Crippen LogP) is 4.63. The van der Waals surface area contributed by atoms with E-state index >= 15 is 0 Å². The summed E-state index contributed by atoms with van der Waals surface area (Å²) in [6, 6.07) is 8.97. The van der Waals surface area contributed by atoms with Crippen molar-refractivity contribution in [1.29, 1.82) is 0 Å². The van der Waals surface area contributed by atoms with Crippen molar-refractivity contribution in [3.05, 3.63) is 87.8 Å². The summed E-state index contributed by atoms with van der Waals surface area (Å²) in [6.07, 6.45) is 1.60. The number of hydrazine groups is 1. The fourth-order valence-corrected chi connectivity index (χ4v) is 4.36. The Morgan fingerprint density at radius 2 is 1.88 bits per heavy atom. The van der Waals surface area contributed by atoms with Crippen molar-refractivity contribution in [2.24, 2.45) is 11.6 Å². The number of anilines is 2. The monoisotopic (exact) mass is 589 g/mol. The molecule has 0 saturated heterocycles. The maximum Gasteiger partial charge on any atom is 0.252 e. The van der Waals surface area contributed by atoms with Crippen LogP contribution in [-0.2, 0) is 4.79 Å². The molecule has 4 aromatic rings. The minimum atomic E-state index is -2.89. The summed E-state index contributed by atoms with van der Waals surface area (Å²) in [4.78, 5) is 34.9. The Hall–Kier alpha value is -4.26. The first-order valence-corrected chi connectivity index (χ1v) is 12.4. The first-order valence-electron chi connectivity index (χ1n) is 11.6. The number of benzene rings is 2. The maximum atomic E-state index is 13.6. The van der Waals surface area contributed by atoms with Gasteiger partial charge in [0.25, 0.3) is 5.56 Å². The molecule has 0 radical (unpaired) electrons. The molecule has 4 rings (SSSR count). The number of halogens is 4. The molecule has 208 valence electrons. The Balaban J connectivity index is 1.77. The first-order chi connectivity index (χ1) is 19.1. The summed E-state index contributed by atoms with van der Waals surface area (Å²) in [5.74, 6) is 5.33. The molecule has 0 fully saturated rings. The number of methoxy groups -OCH3 is 1. The van der Waals surface area contributed by atoms with Crippen molar-refractivity contribution < 1.29 is 18.3 Å². The van der Waals surface area contributed by atoms with Crippen molar-refractivity contribution in [1.82, 2.24) is 14.5 Å². The summed E-state index contributed by atoms with van der Waals surface area (Å²) in [6.45, 7) is 0. The zero-order chi connectivity index (χ0) is 29.0. The van der Waals surface area contributed by atoms with Gasteiger partial charge in [-0.25, -0.2) is 14.6 Å². The van der Waals surface area contributed by atoms with Crippen LogP contribution in [0.3, 0.4) is 0 Å². The predicted molar refractivity (Wildman–Crippen MR) is 150 cm³/mol. The third kappa shape index (κ3) is 6.47. The third-order valence-electron chi connectivity index (χ3n) is 5.83. The molecular formula is C26H23Cl2F2N7O3. The normalized spacial score (nSPS) is 12.4. The van der Waals surface area contributed by atoms with Gasteiger partial charge >= 0.3 is 0 Å². The SMILES string of the molecule is COc1cn(C(CC(F)F)C(=O)Nc2ccc3nccnc3c2)c(=O)cc1-c1cc(Cl)ccc1N(N)/C=C(\N)Cl. The molecule has 0 aliphatic heterocycles. The quantitative estimate of drug-likeness (QED) is 0.146. The van der Waals surface area contributed by atoms with Crippen molar-refractivity contribution in [3.8, 4) is 16.9 Å². The molecule has 2 aromatic heterocycles. The number of nitrogens with two attached hydrogens (primary N) is 2. The van der Waals surface area contributed by atoms with E-state index in [0.29, 0.717) is 33.0 Å².